The lowest BCUT2D eigenvalue weighted by molar-refractivity contribution is 0.345. The van der Waals surface area contributed by atoms with E-state index in [4.69, 9.17) is 8.23 Å². The van der Waals surface area contributed by atoms with E-state index in [9.17, 15) is 9.59 Å². The molecule has 0 aromatic carbocycles. The topological polar surface area (TPSA) is 58.9 Å². The van der Waals surface area contributed by atoms with Gasteiger partial charge in [-0.15, -0.1) is 0 Å². The summed E-state index contributed by atoms with van der Waals surface area (Å²) in [7, 11) is -7.23. The van der Waals surface area contributed by atoms with Crippen molar-refractivity contribution in [2.24, 2.45) is 0 Å². The predicted octanol–water partition coefficient (Wildman–Crippen LogP) is 1.26. The Bertz CT molecular complexity index is 240. The van der Waals surface area contributed by atoms with Crippen molar-refractivity contribution in [3.05, 3.63) is 0 Å². The third-order valence-corrected chi connectivity index (χ3v) is 18.8. The van der Waals surface area contributed by atoms with E-state index in [0.29, 0.717) is 11.7 Å². The SMILES string of the molecule is CC[Si]1C[Si](C)O[Si](C)(O)C[Si](O)(CC)O1. The Morgan fingerprint density at radius 1 is 1.25 bits per heavy atom. The second kappa shape index (κ2) is 5.57. The lowest BCUT2D eigenvalue weighted by Gasteiger charge is -2.37. The van der Waals surface area contributed by atoms with Gasteiger partial charge in [0.1, 0.15) is 0 Å². The first kappa shape index (κ1) is 14.8. The first-order chi connectivity index (χ1) is 7.30. The molecule has 0 aromatic rings. The Morgan fingerprint density at radius 3 is 2.38 bits per heavy atom. The fourth-order valence-electron chi connectivity index (χ4n) is 1.97. The lowest BCUT2D eigenvalue weighted by Crippen LogP contribution is -2.56. The van der Waals surface area contributed by atoms with Crippen LogP contribution >= 0.6 is 0 Å². The number of rotatable bonds is 2. The highest BCUT2D eigenvalue weighted by Gasteiger charge is 2.47. The van der Waals surface area contributed by atoms with Gasteiger partial charge in [0.15, 0.2) is 18.1 Å². The maximum atomic E-state index is 10.5. The number of hydrogen-bond acceptors (Lipinski definition) is 4. The van der Waals surface area contributed by atoms with Crippen molar-refractivity contribution in [3.8, 4) is 0 Å². The quantitative estimate of drug-likeness (QED) is 0.753. The minimum absolute atomic E-state index is 0.409. The predicted molar refractivity (Wildman–Crippen MR) is 71.9 cm³/mol. The zero-order valence-corrected chi connectivity index (χ0v) is 14.5. The Kier molecular flexibility index (Phi) is 5.14. The van der Waals surface area contributed by atoms with E-state index in [1.807, 2.05) is 6.92 Å². The normalized spacial score (nSPS) is 39.4. The molecule has 1 rings (SSSR count). The summed E-state index contributed by atoms with van der Waals surface area (Å²) in [5.41, 5.74) is 1.37. The Hall–Kier alpha value is 0.708. The zero-order chi connectivity index (χ0) is 12.4. The van der Waals surface area contributed by atoms with Gasteiger partial charge in [-0.3, -0.25) is 0 Å². The minimum atomic E-state index is -2.69. The first-order valence-electron chi connectivity index (χ1n) is 5.80. The largest absolute Gasteiger partial charge is 0.436 e. The lowest BCUT2D eigenvalue weighted by atomic mass is 11.0. The molecule has 0 bridgehead atoms. The summed E-state index contributed by atoms with van der Waals surface area (Å²) in [6, 6.07) is 1.66. The molecule has 1 heterocycles. The molecule has 4 nitrogen and oxygen atoms in total. The van der Waals surface area contributed by atoms with Gasteiger partial charge in [-0.1, -0.05) is 13.8 Å². The summed E-state index contributed by atoms with van der Waals surface area (Å²) < 4.78 is 11.8. The molecule has 2 radical (unpaired) electrons. The van der Waals surface area contributed by atoms with E-state index in [0.717, 1.165) is 11.7 Å². The van der Waals surface area contributed by atoms with E-state index in [1.165, 1.54) is 0 Å². The van der Waals surface area contributed by atoms with Crippen LogP contribution < -0.4 is 0 Å². The molecule has 2 N–H and O–H groups in total. The molecule has 16 heavy (non-hydrogen) atoms. The molecular weight excluding hydrogens is 272 g/mol. The summed E-state index contributed by atoms with van der Waals surface area (Å²) >= 11 is 0. The zero-order valence-electron chi connectivity index (χ0n) is 10.5. The summed E-state index contributed by atoms with van der Waals surface area (Å²) in [4.78, 5) is 20.7. The van der Waals surface area contributed by atoms with Crippen molar-refractivity contribution in [1.29, 1.82) is 0 Å². The molecule has 94 valence electrons. The third kappa shape index (κ3) is 4.18. The Balaban J connectivity index is 2.82. The fourth-order valence-corrected chi connectivity index (χ4v) is 20.4. The average molecular weight is 295 g/mol. The van der Waals surface area contributed by atoms with Crippen molar-refractivity contribution >= 4 is 35.2 Å². The van der Waals surface area contributed by atoms with Gasteiger partial charge in [-0.05, 0) is 30.8 Å². The molecule has 0 aromatic heterocycles. The molecule has 2 unspecified atom stereocenters. The second-order valence-electron chi connectivity index (χ2n) is 4.63. The van der Waals surface area contributed by atoms with E-state index >= 15 is 0 Å². The van der Waals surface area contributed by atoms with Crippen LogP contribution in [0.5, 0.6) is 0 Å². The molecular formula is C8H22O4Si4. The van der Waals surface area contributed by atoms with Gasteiger partial charge in [0.05, 0.1) is 0 Å². The van der Waals surface area contributed by atoms with Crippen LogP contribution in [-0.2, 0) is 8.23 Å². The van der Waals surface area contributed by atoms with Crippen LogP contribution in [0.15, 0.2) is 0 Å². The van der Waals surface area contributed by atoms with Crippen LogP contribution in [0.25, 0.3) is 0 Å². The third-order valence-electron chi connectivity index (χ3n) is 2.73. The van der Waals surface area contributed by atoms with Crippen molar-refractivity contribution in [3.63, 3.8) is 0 Å². The molecule has 0 spiro atoms. The highest BCUT2D eigenvalue weighted by atomic mass is 28.5. The van der Waals surface area contributed by atoms with Crippen molar-refractivity contribution < 1.29 is 17.8 Å². The summed E-state index contributed by atoms with van der Waals surface area (Å²) in [5.74, 6) is 0. The van der Waals surface area contributed by atoms with Gasteiger partial charge in [0.25, 0.3) is 0 Å². The summed E-state index contributed by atoms with van der Waals surface area (Å²) in [5, 5.41) is 0. The molecule has 0 saturated carbocycles. The van der Waals surface area contributed by atoms with Gasteiger partial charge >= 0.3 is 17.1 Å². The van der Waals surface area contributed by atoms with Crippen LogP contribution in [0, 0.1) is 0 Å². The van der Waals surface area contributed by atoms with Gasteiger partial charge in [0, 0.05) is 5.67 Å². The monoisotopic (exact) mass is 294 g/mol. The van der Waals surface area contributed by atoms with Crippen LogP contribution in [0.2, 0.25) is 36.5 Å². The molecule has 8 heteroatoms. The number of hydrogen-bond donors (Lipinski definition) is 2. The van der Waals surface area contributed by atoms with Gasteiger partial charge < -0.3 is 17.8 Å². The first-order valence-corrected chi connectivity index (χ1v) is 14.6. The maximum absolute atomic E-state index is 10.5. The molecule has 2 atom stereocenters. The van der Waals surface area contributed by atoms with Crippen molar-refractivity contribution in [2.75, 3.05) is 0 Å². The van der Waals surface area contributed by atoms with Crippen LogP contribution in [0.4, 0.5) is 0 Å². The average Bonchev–Trinajstić information content (AvgIpc) is 2.13. The van der Waals surface area contributed by atoms with E-state index in [-0.39, 0.29) is 0 Å². The van der Waals surface area contributed by atoms with E-state index < -0.39 is 35.2 Å². The molecule has 0 aliphatic carbocycles. The highest BCUT2D eigenvalue weighted by molar-refractivity contribution is 6.92. The molecule has 1 fully saturated rings. The van der Waals surface area contributed by atoms with Crippen molar-refractivity contribution in [2.45, 2.75) is 50.4 Å². The standard InChI is InChI=1S/C8H22O4Si4/c1-5-14-7-13(3)11-15(4,9)8-16(10,6-2)12-14/h9-10H,5-8H2,1-4H3. The van der Waals surface area contributed by atoms with Gasteiger partial charge in [-0.2, -0.15) is 0 Å². The second-order valence-corrected chi connectivity index (χ2v) is 17.2. The smallest absolute Gasteiger partial charge is 0.326 e. The minimum Gasteiger partial charge on any atom is -0.436 e. The molecule has 1 aliphatic heterocycles. The molecule has 1 aliphatic rings. The fraction of sp³-hybridized carbons (Fsp3) is 1.00. The Morgan fingerprint density at radius 2 is 1.88 bits per heavy atom. The molecule has 1 saturated heterocycles. The van der Waals surface area contributed by atoms with Crippen LogP contribution in [-0.4, -0.2) is 44.8 Å². The summed E-state index contributed by atoms with van der Waals surface area (Å²) in [6.07, 6.45) is 0. The van der Waals surface area contributed by atoms with Gasteiger partial charge in [-0.25, -0.2) is 0 Å². The highest BCUT2D eigenvalue weighted by Crippen LogP contribution is 2.27. The maximum Gasteiger partial charge on any atom is 0.326 e. The van der Waals surface area contributed by atoms with Crippen LogP contribution in [0.1, 0.15) is 13.8 Å². The van der Waals surface area contributed by atoms with Crippen LogP contribution in [0.3, 0.4) is 0 Å². The summed E-state index contributed by atoms with van der Waals surface area (Å²) in [6.45, 7) is 7.94. The van der Waals surface area contributed by atoms with Gasteiger partial charge in [0.2, 0.25) is 0 Å². The molecule has 0 amide bonds. The van der Waals surface area contributed by atoms with E-state index in [1.54, 1.807) is 6.55 Å². The van der Waals surface area contributed by atoms with Crippen molar-refractivity contribution in [1.82, 2.24) is 0 Å². The Labute approximate surface area is 104 Å². The van der Waals surface area contributed by atoms with E-state index in [2.05, 4.69) is 13.5 Å².